The molecule has 2 atom stereocenters. The summed E-state index contributed by atoms with van der Waals surface area (Å²) < 4.78 is 0. The highest BCUT2D eigenvalue weighted by molar-refractivity contribution is 5.78. The second-order valence-corrected chi connectivity index (χ2v) is 5.06. The zero-order chi connectivity index (χ0) is 13.8. The lowest BCUT2D eigenvalue weighted by Crippen LogP contribution is -2.27. The van der Waals surface area contributed by atoms with Gasteiger partial charge in [-0.1, -0.05) is 51.9 Å². The zero-order valence-corrected chi connectivity index (χ0v) is 11.6. The number of aliphatic hydroxyl groups excluding tert-OH is 2. The number of carbonyl (C=O) groups excluding carboxylic acids is 1. The molecule has 0 aromatic heterocycles. The Balaban J connectivity index is 3.29. The van der Waals surface area contributed by atoms with Crippen molar-refractivity contribution < 1.29 is 15.0 Å². The molecular formula is C14H29NO3. The summed E-state index contributed by atoms with van der Waals surface area (Å²) in [6.45, 7) is 2.18. The molecule has 4 nitrogen and oxygen atoms in total. The minimum atomic E-state index is -1.01. The van der Waals surface area contributed by atoms with Gasteiger partial charge in [0.2, 0.25) is 5.91 Å². The summed E-state index contributed by atoms with van der Waals surface area (Å²) in [5.41, 5.74) is 4.95. The van der Waals surface area contributed by atoms with Crippen molar-refractivity contribution in [3.05, 3.63) is 0 Å². The predicted octanol–water partition coefficient (Wildman–Crippen LogP) is 2.11. The Hall–Kier alpha value is -0.610. The van der Waals surface area contributed by atoms with Crippen LogP contribution in [-0.4, -0.2) is 28.3 Å². The Morgan fingerprint density at radius 2 is 1.44 bits per heavy atom. The third-order valence-electron chi connectivity index (χ3n) is 3.23. The van der Waals surface area contributed by atoms with Crippen molar-refractivity contribution in [1.29, 1.82) is 0 Å². The molecular weight excluding hydrogens is 230 g/mol. The van der Waals surface area contributed by atoms with Gasteiger partial charge in [-0.2, -0.15) is 0 Å². The minimum Gasteiger partial charge on any atom is -0.393 e. The zero-order valence-electron chi connectivity index (χ0n) is 11.6. The number of hydrogen-bond acceptors (Lipinski definition) is 3. The van der Waals surface area contributed by atoms with Gasteiger partial charge in [0.25, 0.3) is 0 Å². The van der Waals surface area contributed by atoms with Gasteiger partial charge in [-0.15, -0.1) is 0 Å². The normalized spacial score (nSPS) is 14.4. The van der Waals surface area contributed by atoms with Crippen molar-refractivity contribution in [2.45, 2.75) is 83.3 Å². The van der Waals surface area contributed by atoms with E-state index >= 15 is 0 Å². The summed E-state index contributed by atoms with van der Waals surface area (Å²) in [5, 5.41) is 18.9. The number of primary amides is 1. The third-order valence-corrected chi connectivity index (χ3v) is 3.23. The molecule has 4 N–H and O–H groups in total. The SMILES string of the molecule is CCCCCCC(O)CCCCCC(O)C(N)=O. The van der Waals surface area contributed by atoms with Gasteiger partial charge in [0.05, 0.1) is 6.10 Å². The monoisotopic (exact) mass is 259 g/mol. The highest BCUT2D eigenvalue weighted by Crippen LogP contribution is 2.12. The number of carbonyl (C=O) groups is 1. The summed E-state index contributed by atoms with van der Waals surface area (Å²) in [5.74, 6) is -0.647. The smallest absolute Gasteiger partial charge is 0.246 e. The molecule has 0 aliphatic carbocycles. The van der Waals surface area contributed by atoms with Crippen LogP contribution in [0.3, 0.4) is 0 Å². The first-order valence-electron chi connectivity index (χ1n) is 7.23. The van der Waals surface area contributed by atoms with E-state index in [1.807, 2.05) is 0 Å². The van der Waals surface area contributed by atoms with E-state index in [-0.39, 0.29) is 6.10 Å². The molecule has 0 bridgehead atoms. The molecule has 2 unspecified atom stereocenters. The average Bonchev–Trinajstić information content (AvgIpc) is 2.33. The Morgan fingerprint density at radius 3 is 1.94 bits per heavy atom. The topological polar surface area (TPSA) is 83.6 Å². The van der Waals surface area contributed by atoms with Gasteiger partial charge in [-0.05, 0) is 19.3 Å². The van der Waals surface area contributed by atoms with Crippen LogP contribution in [0, 0.1) is 0 Å². The first kappa shape index (κ1) is 17.4. The van der Waals surface area contributed by atoms with Gasteiger partial charge < -0.3 is 15.9 Å². The van der Waals surface area contributed by atoms with Crippen LogP contribution in [0.5, 0.6) is 0 Å². The van der Waals surface area contributed by atoms with E-state index in [1.54, 1.807) is 0 Å². The molecule has 0 rings (SSSR count). The Labute approximate surface area is 111 Å². The lowest BCUT2D eigenvalue weighted by Gasteiger charge is -2.10. The van der Waals surface area contributed by atoms with Gasteiger partial charge in [0.15, 0.2) is 0 Å². The molecule has 0 aromatic carbocycles. The standard InChI is InChI=1S/C14H29NO3/c1-2-3-4-6-9-12(16)10-7-5-8-11-13(17)14(15)18/h12-13,16-17H,2-11H2,1H3,(H2,15,18). The minimum absolute atomic E-state index is 0.192. The molecule has 0 spiro atoms. The quantitative estimate of drug-likeness (QED) is 0.469. The first-order valence-corrected chi connectivity index (χ1v) is 7.23. The van der Waals surface area contributed by atoms with Gasteiger partial charge >= 0.3 is 0 Å². The number of rotatable bonds is 12. The molecule has 0 aliphatic rings. The number of nitrogens with two attached hydrogens (primary N) is 1. The van der Waals surface area contributed by atoms with Crippen molar-refractivity contribution in [2.75, 3.05) is 0 Å². The molecule has 18 heavy (non-hydrogen) atoms. The molecule has 0 saturated heterocycles. The van der Waals surface area contributed by atoms with Crippen molar-refractivity contribution in [2.24, 2.45) is 5.73 Å². The van der Waals surface area contributed by atoms with Gasteiger partial charge in [-0.25, -0.2) is 0 Å². The molecule has 4 heteroatoms. The van der Waals surface area contributed by atoms with Gasteiger partial charge in [0, 0.05) is 0 Å². The van der Waals surface area contributed by atoms with Crippen LogP contribution < -0.4 is 5.73 Å². The predicted molar refractivity (Wildman–Crippen MR) is 73.1 cm³/mol. The fourth-order valence-electron chi connectivity index (χ4n) is 1.99. The molecule has 108 valence electrons. The number of hydrogen-bond donors (Lipinski definition) is 3. The fourth-order valence-corrected chi connectivity index (χ4v) is 1.99. The summed E-state index contributed by atoms with van der Waals surface area (Å²) in [6.07, 6.45) is 8.38. The van der Waals surface area contributed by atoms with E-state index in [0.29, 0.717) is 6.42 Å². The van der Waals surface area contributed by atoms with Crippen LogP contribution in [0.25, 0.3) is 0 Å². The molecule has 0 aliphatic heterocycles. The number of amides is 1. The van der Waals surface area contributed by atoms with Crippen LogP contribution in [0.4, 0.5) is 0 Å². The number of unbranched alkanes of at least 4 members (excludes halogenated alkanes) is 5. The Morgan fingerprint density at radius 1 is 0.944 bits per heavy atom. The molecule has 0 fully saturated rings. The Kier molecular flexibility index (Phi) is 11.1. The highest BCUT2D eigenvalue weighted by Gasteiger charge is 2.10. The summed E-state index contributed by atoms with van der Waals surface area (Å²) in [6, 6.07) is 0. The molecule has 0 aromatic rings. The van der Waals surface area contributed by atoms with Crippen LogP contribution in [0.1, 0.15) is 71.1 Å². The van der Waals surface area contributed by atoms with E-state index in [9.17, 15) is 15.0 Å². The van der Waals surface area contributed by atoms with Gasteiger partial charge in [0.1, 0.15) is 6.10 Å². The first-order chi connectivity index (χ1) is 8.57. The molecule has 0 heterocycles. The van der Waals surface area contributed by atoms with Crippen molar-refractivity contribution in [1.82, 2.24) is 0 Å². The van der Waals surface area contributed by atoms with E-state index in [2.05, 4.69) is 6.92 Å². The summed E-state index contributed by atoms with van der Waals surface area (Å²) in [7, 11) is 0. The van der Waals surface area contributed by atoms with Crippen LogP contribution in [0.15, 0.2) is 0 Å². The third kappa shape index (κ3) is 10.5. The number of aliphatic hydroxyl groups is 2. The highest BCUT2D eigenvalue weighted by atomic mass is 16.3. The van der Waals surface area contributed by atoms with Crippen LogP contribution in [-0.2, 0) is 4.79 Å². The lowest BCUT2D eigenvalue weighted by molar-refractivity contribution is -0.126. The fraction of sp³-hybridized carbons (Fsp3) is 0.929. The van der Waals surface area contributed by atoms with E-state index in [1.165, 1.54) is 19.3 Å². The van der Waals surface area contributed by atoms with Crippen LogP contribution in [0.2, 0.25) is 0 Å². The Bertz CT molecular complexity index is 209. The van der Waals surface area contributed by atoms with Crippen molar-refractivity contribution >= 4 is 5.91 Å². The largest absolute Gasteiger partial charge is 0.393 e. The maximum Gasteiger partial charge on any atom is 0.246 e. The molecule has 0 saturated carbocycles. The molecule has 1 amide bonds. The van der Waals surface area contributed by atoms with Crippen molar-refractivity contribution in [3.8, 4) is 0 Å². The van der Waals surface area contributed by atoms with E-state index in [0.717, 1.165) is 38.5 Å². The summed E-state index contributed by atoms with van der Waals surface area (Å²) in [4.78, 5) is 10.6. The second-order valence-electron chi connectivity index (χ2n) is 5.06. The van der Waals surface area contributed by atoms with E-state index in [4.69, 9.17) is 5.73 Å². The maximum absolute atomic E-state index is 10.6. The molecule has 0 radical (unpaired) electrons. The maximum atomic E-state index is 10.6. The van der Waals surface area contributed by atoms with Gasteiger partial charge in [-0.3, -0.25) is 4.79 Å². The van der Waals surface area contributed by atoms with E-state index < -0.39 is 12.0 Å². The van der Waals surface area contributed by atoms with Crippen LogP contribution >= 0.6 is 0 Å². The second kappa shape index (κ2) is 11.5. The lowest BCUT2D eigenvalue weighted by atomic mass is 10.0. The average molecular weight is 259 g/mol. The van der Waals surface area contributed by atoms with Crippen molar-refractivity contribution in [3.63, 3.8) is 0 Å². The summed E-state index contributed by atoms with van der Waals surface area (Å²) >= 11 is 0.